The quantitative estimate of drug-likeness (QED) is 0.682. The molecule has 146 valence electrons. The van der Waals surface area contributed by atoms with Gasteiger partial charge in [0.2, 0.25) is 0 Å². The van der Waals surface area contributed by atoms with Crippen LogP contribution in [0.5, 0.6) is 11.5 Å². The summed E-state index contributed by atoms with van der Waals surface area (Å²) in [5, 5.41) is 1.72. The number of rotatable bonds is 5. The topological polar surface area (TPSA) is 54.6 Å². The van der Waals surface area contributed by atoms with Gasteiger partial charge in [0.25, 0.3) is 5.91 Å². The van der Waals surface area contributed by atoms with Gasteiger partial charge >= 0.3 is 0 Å². The molecule has 5 nitrogen and oxygen atoms in total. The lowest BCUT2D eigenvalue weighted by molar-refractivity contribution is -0.134. The van der Waals surface area contributed by atoms with Crippen molar-refractivity contribution in [1.82, 2.24) is 9.88 Å². The molecular formula is C22H23ClN2O3. The van der Waals surface area contributed by atoms with Gasteiger partial charge in [0.05, 0.1) is 12.1 Å². The molecule has 1 amide bonds. The number of nitrogens with zero attached hydrogens (tertiary/aromatic N) is 1. The van der Waals surface area contributed by atoms with Gasteiger partial charge in [-0.2, -0.15) is 0 Å². The number of hydrogen-bond donors (Lipinski definition) is 1. The van der Waals surface area contributed by atoms with Crippen molar-refractivity contribution >= 4 is 28.4 Å². The Hall–Kier alpha value is -2.66. The Bertz CT molecular complexity index is 977. The van der Waals surface area contributed by atoms with E-state index < -0.39 is 0 Å². The van der Waals surface area contributed by atoms with E-state index >= 15 is 0 Å². The van der Waals surface area contributed by atoms with Gasteiger partial charge in [0, 0.05) is 30.2 Å². The Kier molecular flexibility index (Phi) is 5.44. The van der Waals surface area contributed by atoms with Gasteiger partial charge in [-0.25, -0.2) is 0 Å². The van der Waals surface area contributed by atoms with Crippen molar-refractivity contribution in [2.24, 2.45) is 0 Å². The lowest BCUT2D eigenvalue weighted by atomic mass is 9.89. The first-order valence-electron chi connectivity index (χ1n) is 9.46. The first kappa shape index (κ1) is 18.7. The second-order valence-electron chi connectivity index (χ2n) is 7.03. The Morgan fingerprint density at radius 2 is 2.00 bits per heavy atom. The van der Waals surface area contributed by atoms with Crippen molar-refractivity contribution in [2.75, 3.05) is 26.8 Å². The molecular weight excluding hydrogens is 376 g/mol. The van der Waals surface area contributed by atoms with E-state index in [-0.39, 0.29) is 12.5 Å². The molecule has 6 heteroatoms. The molecule has 0 radical (unpaired) electrons. The zero-order chi connectivity index (χ0) is 19.5. The molecule has 0 unspecified atom stereocenters. The number of carbonyl (C=O) groups is 1. The minimum absolute atomic E-state index is 0.000958. The summed E-state index contributed by atoms with van der Waals surface area (Å²) in [5.41, 5.74) is 2.41. The predicted molar refractivity (Wildman–Crippen MR) is 110 cm³/mol. The van der Waals surface area contributed by atoms with Crippen LogP contribution in [0.3, 0.4) is 0 Å². The number of amides is 1. The lowest BCUT2D eigenvalue weighted by Crippen LogP contribution is -2.40. The highest BCUT2D eigenvalue weighted by Crippen LogP contribution is 2.34. The highest BCUT2D eigenvalue weighted by molar-refractivity contribution is 6.32. The largest absolute Gasteiger partial charge is 0.497 e. The average Bonchev–Trinajstić information content (AvgIpc) is 3.16. The van der Waals surface area contributed by atoms with E-state index in [1.807, 2.05) is 29.2 Å². The third-order valence-corrected chi connectivity index (χ3v) is 5.71. The normalized spacial score (nSPS) is 15.0. The van der Waals surface area contributed by atoms with Crippen LogP contribution in [0, 0.1) is 0 Å². The SMILES string of the molecule is COc1ccc2[nH]cc(C3CCN(C(=O)COc4ccccc4Cl)CC3)c2c1. The zero-order valence-corrected chi connectivity index (χ0v) is 16.5. The number of piperidine rings is 1. The van der Waals surface area contributed by atoms with Gasteiger partial charge in [-0.1, -0.05) is 23.7 Å². The molecule has 1 aliphatic rings. The summed E-state index contributed by atoms with van der Waals surface area (Å²) >= 11 is 6.08. The maximum Gasteiger partial charge on any atom is 0.260 e. The van der Waals surface area contributed by atoms with E-state index in [9.17, 15) is 4.79 Å². The van der Waals surface area contributed by atoms with E-state index in [0.29, 0.717) is 16.7 Å². The van der Waals surface area contributed by atoms with Crippen molar-refractivity contribution in [3.63, 3.8) is 0 Å². The van der Waals surface area contributed by atoms with Crippen LogP contribution < -0.4 is 9.47 Å². The van der Waals surface area contributed by atoms with Crippen molar-refractivity contribution in [3.8, 4) is 11.5 Å². The second-order valence-corrected chi connectivity index (χ2v) is 7.44. The smallest absolute Gasteiger partial charge is 0.260 e. The summed E-state index contributed by atoms with van der Waals surface area (Å²) in [6.07, 6.45) is 3.96. The van der Waals surface area contributed by atoms with Crippen LogP contribution in [0.4, 0.5) is 0 Å². The minimum Gasteiger partial charge on any atom is -0.497 e. The number of ether oxygens (including phenoxy) is 2. The molecule has 28 heavy (non-hydrogen) atoms. The molecule has 4 rings (SSSR count). The molecule has 3 aromatic rings. The lowest BCUT2D eigenvalue weighted by Gasteiger charge is -2.32. The summed E-state index contributed by atoms with van der Waals surface area (Å²) < 4.78 is 11.0. The molecule has 1 N–H and O–H groups in total. The second kappa shape index (κ2) is 8.15. The van der Waals surface area contributed by atoms with Gasteiger partial charge in [-0.05, 0) is 54.7 Å². The number of hydrogen-bond acceptors (Lipinski definition) is 3. The van der Waals surface area contributed by atoms with Gasteiger partial charge in [0.15, 0.2) is 6.61 Å². The van der Waals surface area contributed by atoms with Crippen LogP contribution in [0.25, 0.3) is 10.9 Å². The fraction of sp³-hybridized carbons (Fsp3) is 0.318. The monoisotopic (exact) mass is 398 g/mol. The van der Waals surface area contributed by atoms with E-state index in [0.717, 1.165) is 37.2 Å². The number of likely N-dealkylation sites (tertiary alicyclic amines) is 1. The van der Waals surface area contributed by atoms with Gasteiger partial charge < -0.3 is 19.4 Å². The summed E-state index contributed by atoms with van der Waals surface area (Å²) in [4.78, 5) is 17.7. The summed E-state index contributed by atoms with van der Waals surface area (Å²) in [6.45, 7) is 1.47. The third kappa shape index (κ3) is 3.80. The number of benzene rings is 2. The van der Waals surface area contributed by atoms with Crippen LogP contribution in [-0.4, -0.2) is 42.6 Å². The number of fused-ring (bicyclic) bond motifs is 1. The summed E-state index contributed by atoms with van der Waals surface area (Å²) in [7, 11) is 1.68. The highest BCUT2D eigenvalue weighted by Gasteiger charge is 2.26. The first-order chi connectivity index (χ1) is 13.7. The predicted octanol–water partition coefficient (Wildman–Crippen LogP) is 4.61. The molecule has 1 aliphatic heterocycles. The Morgan fingerprint density at radius 3 is 2.75 bits per heavy atom. The molecule has 0 saturated carbocycles. The molecule has 2 heterocycles. The maximum absolute atomic E-state index is 12.5. The van der Waals surface area contributed by atoms with E-state index in [2.05, 4.69) is 17.2 Å². The molecule has 1 saturated heterocycles. The summed E-state index contributed by atoms with van der Waals surface area (Å²) in [5.74, 6) is 1.83. The summed E-state index contributed by atoms with van der Waals surface area (Å²) in [6, 6.07) is 13.3. The van der Waals surface area contributed by atoms with Crippen LogP contribution in [0.1, 0.15) is 24.3 Å². The van der Waals surface area contributed by atoms with Crippen LogP contribution >= 0.6 is 11.6 Å². The fourth-order valence-electron chi connectivity index (χ4n) is 3.82. The highest BCUT2D eigenvalue weighted by atomic mass is 35.5. The molecule has 0 atom stereocenters. The van der Waals surface area contributed by atoms with Crippen LogP contribution in [0.2, 0.25) is 5.02 Å². The number of halogens is 1. The third-order valence-electron chi connectivity index (χ3n) is 5.40. The maximum atomic E-state index is 12.5. The molecule has 0 spiro atoms. The Labute approximate surface area is 169 Å². The molecule has 2 aromatic carbocycles. The number of carbonyl (C=O) groups excluding carboxylic acids is 1. The molecule has 1 fully saturated rings. The molecule has 0 bridgehead atoms. The van der Waals surface area contributed by atoms with E-state index in [1.54, 1.807) is 19.2 Å². The van der Waals surface area contributed by atoms with Crippen molar-refractivity contribution < 1.29 is 14.3 Å². The zero-order valence-electron chi connectivity index (χ0n) is 15.8. The van der Waals surface area contributed by atoms with E-state index in [1.165, 1.54) is 10.9 Å². The van der Waals surface area contributed by atoms with Crippen molar-refractivity contribution in [1.29, 1.82) is 0 Å². The number of methoxy groups -OCH3 is 1. The van der Waals surface area contributed by atoms with Gasteiger partial charge in [-0.15, -0.1) is 0 Å². The van der Waals surface area contributed by atoms with Crippen molar-refractivity contribution in [3.05, 3.63) is 59.2 Å². The molecule has 1 aromatic heterocycles. The Balaban J connectivity index is 1.37. The first-order valence-corrected chi connectivity index (χ1v) is 9.83. The average molecular weight is 399 g/mol. The van der Waals surface area contributed by atoms with Crippen LogP contribution in [-0.2, 0) is 4.79 Å². The van der Waals surface area contributed by atoms with Crippen molar-refractivity contribution in [2.45, 2.75) is 18.8 Å². The standard InChI is InChI=1S/C22H23ClN2O3/c1-27-16-6-7-20-17(12-16)18(13-24-20)15-8-10-25(11-9-15)22(26)14-28-21-5-3-2-4-19(21)23/h2-7,12-13,15,24H,8-11,14H2,1H3. The van der Waals surface area contributed by atoms with Gasteiger partial charge in [-0.3, -0.25) is 4.79 Å². The number of aromatic nitrogens is 1. The van der Waals surface area contributed by atoms with Crippen LogP contribution in [0.15, 0.2) is 48.7 Å². The number of H-pyrrole nitrogens is 1. The number of nitrogens with one attached hydrogen (secondary N) is 1. The number of para-hydroxylation sites is 1. The van der Waals surface area contributed by atoms with E-state index in [4.69, 9.17) is 21.1 Å². The number of aromatic amines is 1. The Morgan fingerprint density at radius 1 is 1.21 bits per heavy atom. The fourth-order valence-corrected chi connectivity index (χ4v) is 4.01. The van der Waals surface area contributed by atoms with Gasteiger partial charge in [0.1, 0.15) is 11.5 Å². The molecule has 0 aliphatic carbocycles. The minimum atomic E-state index is -0.000958.